The van der Waals surface area contributed by atoms with E-state index in [1.54, 1.807) is 6.92 Å². The number of hydrogen-bond donors (Lipinski definition) is 2. The average molecular weight is 450 g/mol. The first-order valence-corrected chi connectivity index (χ1v) is 12.0. The van der Waals surface area contributed by atoms with Crippen LogP contribution in [0.25, 0.3) is 4.96 Å². The number of imidazole rings is 1. The maximum absolute atomic E-state index is 12.7. The molecule has 4 fully saturated rings. The van der Waals surface area contributed by atoms with E-state index in [4.69, 9.17) is 11.6 Å². The van der Waals surface area contributed by atoms with Gasteiger partial charge < -0.3 is 5.32 Å². The Morgan fingerprint density at radius 1 is 1.30 bits per heavy atom. The second-order valence-corrected chi connectivity index (χ2v) is 10.9. The van der Waals surface area contributed by atoms with Crippen LogP contribution in [0.1, 0.15) is 51.1 Å². The summed E-state index contributed by atoms with van der Waals surface area (Å²) in [6.07, 6.45) is 9.06. The quantitative estimate of drug-likeness (QED) is 0.730. The third-order valence-corrected chi connectivity index (χ3v) is 8.46. The Kier molecular flexibility index (Phi) is 5.07. The summed E-state index contributed by atoms with van der Waals surface area (Å²) < 4.78 is 1.94. The molecule has 3 amide bonds. The summed E-state index contributed by atoms with van der Waals surface area (Å²) in [5, 5.41) is 8.18. The minimum absolute atomic E-state index is 0.107. The largest absolute Gasteiger partial charge is 0.332 e. The number of imide groups is 1. The summed E-state index contributed by atoms with van der Waals surface area (Å²) in [6.45, 7) is 2.26. The first-order chi connectivity index (χ1) is 14.3. The van der Waals surface area contributed by atoms with Gasteiger partial charge in [0, 0.05) is 23.7 Å². The van der Waals surface area contributed by atoms with Crippen LogP contribution in [0.3, 0.4) is 0 Å². The molecular formula is C21H28ClN5O2S. The van der Waals surface area contributed by atoms with Crippen molar-refractivity contribution in [1.29, 1.82) is 0 Å². The summed E-state index contributed by atoms with van der Waals surface area (Å²) in [4.78, 5) is 32.5. The monoisotopic (exact) mass is 449 g/mol. The van der Waals surface area contributed by atoms with E-state index >= 15 is 0 Å². The van der Waals surface area contributed by atoms with Crippen LogP contribution in [0.15, 0.2) is 11.6 Å². The van der Waals surface area contributed by atoms with Gasteiger partial charge in [0.15, 0.2) is 10.1 Å². The van der Waals surface area contributed by atoms with Crippen molar-refractivity contribution < 1.29 is 9.59 Å². The number of fused-ring (bicyclic) bond motifs is 1. The van der Waals surface area contributed by atoms with Crippen LogP contribution in [0.2, 0.25) is 5.15 Å². The lowest BCUT2D eigenvalue weighted by molar-refractivity contribution is -0.124. The normalized spacial score (nSPS) is 30.7. The zero-order chi connectivity index (χ0) is 21.0. The zero-order valence-corrected chi connectivity index (χ0v) is 18.9. The molecule has 1 atom stereocenters. The van der Waals surface area contributed by atoms with Gasteiger partial charge in [-0.3, -0.25) is 19.4 Å². The van der Waals surface area contributed by atoms with Crippen LogP contribution in [0, 0.1) is 17.8 Å². The summed E-state index contributed by atoms with van der Waals surface area (Å²) in [7, 11) is 1.85. The SMILES string of the molecule is CC(C(=O)NC(=O)NC12CC3CC(CC(C3)C1)C2)N(C)Cc1c(Cl)nc2sccn12. The van der Waals surface area contributed by atoms with Crippen LogP contribution >= 0.6 is 22.9 Å². The lowest BCUT2D eigenvalue weighted by Crippen LogP contribution is -2.62. The highest BCUT2D eigenvalue weighted by molar-refractivity contribution is 7.15. The van der Waals surface area contributed by atoms with Crippen molar-refractivity contribution in [3.63, 3.8) is 0 Å². The molecule has 162 valence electrons. The summed E-state index contributed by atoms with van der Waals surface area (Å²) >= 11 is 7.79. The predicted octanol–water partition coefficient (Wildman–Crippen LogP) is 3.66. The zero-order valence-electron chi connectivity index (χ0n) is 17.4. The standard InChI is InChI=1S/C21H28ClN5O2S/c1-12(26(2)11-16-17(22)23-20-27(16)3-4-30-20)18(28)24-19(29)25-21-8-13-5-14(9-21)7-15(6-13)10-21/h3-4,12-15H,5-11H2,1-2H3,(H2,24,25,28,29). The second kappa shape index (κ2) is 7.50. The number of aromatic nitrogens is 2. The third kappa shape index (κ3) is 3.63. The molecule has 0 radical (unpaired) electrons. The topological polar surface area (TPSA) is 78.7 Å². The number of rotatable bonds is 5. The van der Waals surface area contributed by atoms with Crippen molar-refractivity contribution in [3.8, 4) is 0 Å². The van der Waals surface area contributed by atoms with Crippen molar-refractivity contribution in [3.05, 3.63) is 22.4 Å². The number of hydrogen-bond acceptors (Lipinski definition) is 5. The number of carbonyl (C=O) groups is 2. The molecular weight excluding hydrogens is 422 g/mol. The highest BCUT2D eigenvalue weighted by Crippen LogP contribution is 2.55. The van der Waals surface area contributed by atoms with Gasteiger partial charge in [-0.2, -0.15) is 0 Å². The summed E-state index contributed by atoms with van der Waals surface area (Å²) in [5.41, 5.74) is 0.734. The smallest absolute Gasteiger partial charge is 0.321 e. The number of nitrogens with one attached hydrogen (secondary N) is 2. The third-order valence-electron chi connectivity index (χ3n) is 7.41. The van der Waals surface area contributed by atoms with Gasteiger partial charge in [0.25, 0.3) is 0 Å². The van der Waals surface area contributed by atoms with Gasteiger partial charge in [-0.1, -0.05) is 11.6 Å². The van der Waals surface area contributed by atoms with Gasteiger partial charge in [-0.25, -0.2) is 9.78 Å². The number of urea groups is 1. The van der Waals surface area contributed by atoms with E-state index in [0.717, 1.165) is 47.7 Å². The fourth-order valence-electron chi connectivity index (χ4n) is 6.27. The van der Waals surface area contributed by atoms with Crippen molar-refractivity contribution >= 4 is 39.8 Å². The van der Waals surface area contributed by atoms with Crippen LogP contribution < -0.4 is 10.6 Å². The molecule has 30 heavy (non-hydrogen) atoms. The summed E-state index contributed by atoms with van der Waals surface area (Å²) in [6, 6.07) is -0.836. The van der Waals surface area contributed by atoms with Crippen molar-refractivity contribution in [2.24, 2.45) is 17.8 Å². The van der Waals surface area contributed by atoms with E-state index in [2.05, 4.69) is 15.6 Å². The van der Waals surface area contributed by atoms with E-state index in [0.29, 0.717) is 11.7 Å². The molecule has 4 aliphatic carbocycles. The molecule has 4 aliphatic rings. The number of amides is 3. The molecule has 2 heterocycles. The van der Waals surface area contributed by atoms with E-state index < -0.39 is 6.04 Å². The van der Waals surface area contributed by atoms with E-state index in [1.807, 2.05) is 27.9 Å². The molecule has 9 heteroatoms. The number of likely N-dealkylation sites (N-methyl/N-ethyl adjacent to an activating group) is 1. The van der Waals surface area contributed by atoms with Gasteiger partial charge >= 0.3 is 6.03 Å². The number of thiazole rings is 1. The Morgan fingerprint density at radius 2 is 1.93 bits per heavy atom. The summed E-state index contributed by atoms with van der Waals surface area (Å²) in [5.74, 6) is 1.92. The minimum Gasteiger partial charge on any atom is -0.332 e. The van der Waals surface area contributed by atoms with E-state index in [1.165, 1.54) is 30.6 Å². The maximum atomic E-state index is 12.7. The van der Waals surface area contributed by atoms with Crippen LogP contribution in [-0.4, -0.2) is 44.9 Å². The molecule has 2 aromatic heterocycles. The molecule has 0 aromatic carbocycles. The highest BCUT2D eigenvalue weighted by Gasteiger charge is 2.51. The Hall–Kier alpha value is -1.64. The minimum atomic E-state index is -0.479. The Bertz CT molecular complexity index is 950. The van der Waals surface area contributed by atoms with Crippen LogP contribution in [0.5, 0.6) is 0 Å². The number of halogens is 1. The lowest BCUT2D eigenvalue weighted by atomic mass is 9.53. The van der Waals surface area contributed by atoms with E-state index in [-0.39, 0.29) is 17.5 Å². The first kappa shape index (κ1) is 20.3. The lowest BCUT2D eigenvalue weighted by Gasteiger charge is -2.56. The molecule has 0 saturated heterocycles. The molecule has 6 rings (SSSR count). The number of carbonyl (C=O) groups excluding carboxylic acids is 2. The van der Waals surface area contributed by atoms with Gasteiger partial charge in [0.2, 0.25) is 5.91 Å². The van der Waals surface area contributed by atoms with Gasteiger partial charge in [-0.05, 0) is 70.3 Å². The van der Waals surface area contributed by atoms with Gasteiger partial charge in [0.05, 0.1) is 11.7 Å². The van der Waals surface area contributed by atoms with Crippen LogP contribution in [0.4, 0.5) is 4.79 Å². The first-order valence-electron chi connectivity index (χ1n) is 10.7. The predicted molar refractivity (Wildman–Crippen MR) is 117 cm³/mol. The average Bonchev–Trinajstić information content (AvgIpc) is 3.21. The molecule has 4 bridgehead atoms. The molecule has 4 saturated carbocycles. The van der Waals surface area contributed by atoms with E-state index in [9.17, 15) is 9.59 Å². The number of nitrogens with zero attached hydrogens (tertiary/aromatic N) is 3. The van der Waals surface area contributed by atoms with Gasteiger partial charge in [0.1, 0.15) is 0 Å². The molecule has 2 N–H and O–H groups in total. The highest BCUT2D eigenvalue weighted by atomic mass is 35.5. The molecule has 7 nitrogen and oxygen atoms in total. The van der Waals surface area contributed by atoms with Crippen LogP contribution in [-0.2, 0) is 11.3 Å². The molecule has 0 spiro atoms. The Labute approximate surface area is 185 Å². The van der Waals surface area contributed by atoms with Crippen molar-refractivity contribution in [2.75, 3.05) is 7.05 Å². The Morgan fingerprint density at radius 3 is 2.57 bits per heavy atom. The second-order valence-electron chi connectivity index (χ2n) is 9.64. The van der Waals surface area contributed by atoms with Gasteiger partial charge in [-0.15, -0.1) is 11.3 Å². The molecule has 0 aliphatic heterocycles. The molecule has 2 aromatic rings. The fraction of sp³-hybridized carbons (Fsp3) is 0.667. The maximum Gasteiger partial charge on any atom is 0.321 e. The Balaban J connectivity index is 1.19. The molecule has 1 unspecified atom stereocenters. The van der Waals surface area contributed by atoms with Crippen molar-refractivity contribution in [1.82, 2.24) is 24.9 Å². The van der Waals surface area contributed by atoms with Crippen molar-refractivity contribution in [2.45, 2.75) is 63.6 Å². The fourth-order valence-corrected chi connectivity index (χ4v) is 7.29.